The molecule has 0 bridgehead atoms. The summed E-state index contributed by atoms with van der Waals surface area (Å²) in [6, 6.07) is 3.34. The number of amides is 1. The molecule has 7 nitrogen and oxygen atoms in total. The molecule has 0 atom stereocenters. The first-order valence-electron chi connectivity index (χ1n) is 9.93. The number of methoxy groups -OCH3 is 2. The summed E-state index contributed by atoms with van der Waals surface area (Å²) in [6.07, 6.45) is 3.24. The maximum Gasteiger partial charge on any atom is 0.258 e. The minimum atomic E-state index is -0.264. The lowest BCUT2D eigenvalue weighted by Gasteiger charge is -2.20. The van der Waals surface area contributed by atoms with Gasteiger partial charge >= 0.3 is 0 Å². The van der Waals surface area contributed by atoms with Crippen molar-refractivity contribution in [3.63, 3.8) is 0 Å². The second-order valence-electron chi connectivity index (χ2n) is 7.04. The number of rotatable bonds is 8. The first-order valence-corrected chi connectivity index (χ1v) is 10.8. The molecule has 0 aliphatic carbocycles. The quantitative estimate of drug-likeness (QED) is 0.584. The van der Waals surface area contributed by atoms with Crippen molar-refractivity contribution in [3.8, 4) is 11.5 Å². The summed E-state index contributed by atoms with van der Waals surface area (Å²) in [5.41, 5.74) is 1.20. The Kier molecular flexibility index (Phi) is 6.77. The smallest absolute Gasteiger partial charge is 0.258 e. The fraction of sp³-hybridized carbons (Fsp3) is 0.409. The van der Waals surface area contributed by atoms with Crippen LogP contribution in [0.15, 0.2) is 28.5 Å². The highest BCUT2D eigenvalue weighted by Crippen LogP contribution is 2.33. The molecule has 0 spiro atoms. The van der Waals surface area contributed by atoms with Gasteiger partial charge in [0.05, 0.1) is 31.7 Å². The van der Waals surface area contributed by atoms with Gasteiger partial charge in [-0.25, -0.2) is 4.98 Å². The van der Waals surface area contributed by atoms with Crippen LogP contribution in [0.3, 0.4) is 0 Å². The van der Waals surface area contributed by atoms with Gasteiger partial charge in [0.15, 0.2) is 11.5 Å². The van der Waals surface area contributed by atoms with E-state index in [9.17, 15) is 9.59 Å². The number of ether oxygens (including phenoxy) is 2. The third-order valence-corrected chi connectivity index (χ3v) is 6.16. The standard InChI is InChI=1S/C22H27N3O4S/c1-6-14(7-2)25-11-17(21(26)23-10-20-24-13(3)12-30-20)15-8-18(28-4)19(29-5)9-16(15)22(25)27/h8-9,11-12,14H,6-7,10H2,1-5H3,(H,23,26). The molecule has 160 valence electrons. The Bertz CT molecular complexity index is 1120. The molecule has 30 heavy (non-hydrogen) atoms. The predicted molar refractivity (Wildman–Crippen MR) is 119 cm³/mol. The lowest BCUT2D eigenvalue weighted by Crippen LogP contribution is -2.29. The molecular weight excluding hydrogens is 402 g/mol. The number of aryl methyl sites for hydroxylation is 1. The zero-order valence-corrected chi connectivity index (χ0v) is 18.8. The molecule has 0 saturated heterocycles. The van der Waals surface area contributed by atoms with E-state index >= 15 is 0 Å². The van der Waals surface area contributed by atoms with Crippen molar-refractivity contribution >= 4 is 28.0 Å². The molecular formula is C22H27N3O4S. The van der Waals surface area contributed by atoms with E-state index in [4.69, 9.17) is 9.47 Å². The van der Waals surface area contributed by atoms with Gasteiger partial charge in [0.25, 0.3) is 11.5 Å². The van der Waals surface area contributed by atoms with Gasteiger partial charge in [0, 0.05) is 28.7 Å². The highest BCUT2D eigenvalue weighted by molar-refractivity contribution is 7.09. The molecule has 1 aromatic carbocycles. The molecule has 2 heterocycles. The number of benzene rings is 1. The van der Waals surface area contributed by atoms with E-state index < -0.39 is 0 Å². The second kappa shape index (κ2) is 9.30. The maximum atomic E-state index is 13.2. The minimum absolute atomic E-state index is 0.00292. The topological polar surface area (TPSA) is 82.5 Å². The average molecular weight is 430 g/mol. The monoisotopic (exact) mass is 429 g/mol. The van der Waals surface area contributed by atoms with Gasteiger partial charge in [-0.2, -0.15) is 0 Å². The molecule has 0 saturated carbocycles. The Morgan fingerprint density at radius 1 is 1.17 bits per heavy atom. The van der Waals surface area contributed by atoms with E-state index in [2.05, 4.69) is 10.3 Å². The Hall–Kier alpha value is -2.87. The van der Waals surface area contributed by atoms with Crippen LogP contribution in [0.4, 0.5) is 0 Å². The SMILES string of the molecule is CCC(CC)n1cc(C(=O)NCc2nc(C)cs2)c2cc(OC)c(OC)cc2c1=O. The van der Waals surface area contributed by atoms with E-state index in [0.717, 1.165) is 23.5 Å². The Morgan fingerprint density at radius 3 is 2.33 bits per heavy atom. The number of thiazole rings is 1. The summed E-state index contributed by atoms with van der Waals surface area (Å²) >= 11 is 1.50. The predicted octanol–water partition coefficient (Wildman–Crippen LogP) is 4.07. The Balaban J connectivity index is 2.15. The van der Waals surface area contributed by atoms with Crippen molar-refractivity contribution in [1.29, 1.82) is 0 Å². The fourth-order valence-electron chi connectivity index (χ4n) is 3.55. The van der Waals surface area contributed by atoms with Crippen LogP contribution in [0.5, 0.6) is 11.5 Å². The van der Waals surface area contributed by atoms with Crippen LogP contribution in [0.1, 0.15) is 53.8 Å². The lowest BCUT2D eigenvalue weighted by atomic mass is 10.0. The van der Waals surface area contributed by atoms with Crippen LogP contribution in [0.2, 0.25) is 0 Å². The summed E-state index contributed by atoms with van der Waals surface area (Å²) in [5, 5.41) is 6.67. The van der Waals surface area contributed by atoms with Crippen LogP contribution < -0.4 is 20.3 Å². The largest absolute Gasteiger partial charge is 0.493 e. The van der Waals surface area contributed by atoms with Gasteiger partial charge < -0.3 is 19.4 Å². The molecule has 8 heteroatoms. The number of carbonyl (C=O) groups excluding carboxylic acids is 1. The maximum absolute atomic E-state index is 13.2. The van der Waals surface area contributed by atoms with Crippen LogP contribution in [-0.2, 0) is 6.54 Å². The summed E-state index contributed by atoms with van der Waals surface area (Å²) in [7, 11) is 3.05. The Morgan fingerprint density at radius 2 is 1.80 bits per heavy atom. The van der Waals surface area contributed by atoms with E-state index in [1.807, 2.05) is 26.2 Å². The molecule has 0 fully saturated rings. The first-order chi connectivity index (χ1) is 14.4. The summed E-state index contributed by atoms with van der Waals surface area (Å²) in [4.78, 5) is 30.8. The molecule has 3 rings (SSSR count). The lowest BCUT2D eigenvalue weighted by molar-refractivity contribution is 0.0951. The zero-order valence-electron chi connectivity index (χ0n) is 17.9. The number of aromatic nitrogens is 2. The third-order valence-electron chi connectivity index (χ3n) is 5.19. The number of hydrogen-bond acceptors (Lipinski definition) is 6. The second-order valence-corrected chi connectivity index (χ2v) is 7.99. The Labute approximate surface area is 179 Å². The van der Waals surface area contributed by atoms with Crippen molar-refractivity contribution in [2.45, 2.75) is 46.2 Å². The van der Waals surface area contributed by atoms with Gasteiger partial charge in [-0.15, -0.1) is 11.3 Å². The van der Waals surface area contributed by atoms with E-state index in [0.29, 0.717) is 34.4 Å². The van der Waals surface area contributed by atoms with Gasteiger partial charge in [-0.1, -0.05) is 13.8 Å². The van der Waals surface area contributed by atoms with Crippen molar-refractivity contribution in [1.82, 2.24) is 14.9 Å². The fourth-order valence-corrected chi connectivity index (χ4v) is 4.27. The summed E-state index contributed by atoms with van der Waals surface area (Å²) in [5.74, 6) is 0.656. The highest BCUT2D eigenvalue weighted by atomic mass is 32.1. The number of fused-ring (bicyclic) bond motifs is 1. The molecule has 0 aliphatic heterocycles. The number of pyridine rings is 1. The van der Waals surface area contributed by atoms with Crippen molar-refractivity contribution < 1.29 is 14.3 Å². The van der Waals surface area contributed by atoms with Crippen LogP contribution in [-0.4, -0.2) is 29.7 Å². The number of nitrogens with one attached hydrogen (secondary N) is 1. The molecule has 1 N–H and O–H groups in total. The summed E-state index contributed by atoms with van der Waals surface area (Å²) < 4.78 is 12.4. The minimum Gasteiger partial charge on any atom is -0.493 e. The molecule has 0 radical (unpaired) electrons. The molecule has 3 aromatic rings. The van der Waals surface area contributed by atoms with Crippen molar-refractivity contribution in [2.24, 2.45) is 0 Å². The third kappa shape index (κ3) is 4.18. The van der Waals surface area contributed by atoms with Gasteiger partial charge in [0.2, 0.25) is 0 Å². The van der Waals surface area contributed by atoms with E-state index in [1.165, 1.54) is 25.6 Å². The zero-order chi connectivity index (χ0) is 21.8. The molecule has 0 unspecified atom stereocenters. The van der Waals surface area contributed by atoms with Crippen LogP contribution >= 0.6 is 11.3 Å². The van der Waals surface area contributed by atoms with E-state index in [-0.39, 0.29) is 17.5 Å². The number of hydrogen-bond donors (Lipinski definition) is 1. The normalized spacial score (nSPS) is 11.1. The van der Waals surface area contributed by atoms with Gasteiger partial charge in [-0.3, -0.25) is 9.59 Å². The molecule has 2 aromatic heterocycles. The molecule has 1 amide bonds. The average Bonchev–Trinajstić information content (AvgIpc) is 3.18. The van der Waals surface area contributed by atoms with Crippen LogP contribution in [0.25, 0.3) is 10.8 Å². The van der Waals surface area contributed by atoms with Gasteiger partial charge in [-0.05, 0) is 31.9 Å². The van der Waals surface area contributed by atoms with Crippen molar-refractivity contribution in [2.75, 3.05) is 14.2 Å². The van der Waals surface area contributed by atoms with E-state index in [1.54, 1.807) is 22.9 Å². The summed E-state index contributed by atoms with van der Waals surface area (Å²) in [6.45, 7) is 6.31. The highest BCUT2D eigenvalue weighted by Gasteiger charge is 2.20. The number of nitrogens with zero attached hydrogens (tertiary/aromatic N) is 2. The van der Waals surface area contributed by atoms with Crippen LogP contribution in [0, 0.1) is 6.92 Å². The first kappa shape index (κ1) is 21.8. The molecule has 0 aliphatic rings. The van der Waals surface area contributed by atoms with Crippen molar-refractivity contribution in [3.05, 3.63) is 50.3 Å². The number of carbonyl (C=O) groups is 1. The van der Waals surface area contributed by atoms with Gasteiger partial charge in [0.1, 0.15) is 5.01 Å².